The Morgan fingerprint density at radius 1 is 1.23 bits per heavy atom. The molecule has 118 valence electrons. The fourth-order valence-corrected chi connectivity index (χ4v) is 3.41. The minimum atomic E-state index is -0.0681. The maximum Gasteiger partial charge on any atom is 0.258 e. The van der Waals surface area contributed by atoms with Crippen molar-refractivity contribution in [2.45, 2.75) is 51.5 Å². The number of ether oxygens (including phenoxy) is 1. The highest BCUT2D eigenvalue weighted by Crippen LogP contribution is 2.30. The predicted octanol–water partition coefficient (Wildman–Crippen LogP) is 2.89. The Hall–Kier alpha value is -1.84. The van der Waals surface area contributed by atoms with Gasteiger partial charge in [-0.15, -0.1) is 0 Å². The molecule has 0 saturated heterocycles. The van der Waals surface area contributed by atoms with E-state index < -0.39 is 0 Å². The van der Waals surface area contributed by atoms with Crippen molar-refractivity contribution >= 4 is 11.7 Å². The van der Waals surface area contributed by atoms with Crippen LogP contribution in [0.4, 0.5) is 0 Å². The van der Waals surface area contributed by atoms with E-state index in [0.29, 0.717) is 18.6 Å². The number of ketones is 1. The molecule has 1 aromatic rings. The van der Waals surface area contributed by atoms with E-state index >= 15 is 0 Å². The Labute approximate surface area is 131 Å². The quantitative estimate of drug-likeness (QED) is 0.930. The lowest BCUT2D eigenvalue weighted by molar-refractivity contribution is -0.124. The molecule has 22 heavy (non-hydrogen) atoms. The number of nitrogens with one attached hydrogen (secondary N) is 1. The lowest BCUT2D eigenvalue weighted by atomic mass is 9.87. The van der Waals surface area contributed by atoms with E-state index in [1.165, 1.54) is 12.8 Å². The molecule has 1 N–H and O–H groups in total. The molecule has 3 rings (SSSR count). The second-order valence-corrected chi connectivity index (χ2v) is 6.52. The summed E-state index contributed by atoms with van der Waals surface area (Å²) in [5.74, 6) is 1.55. The molecule has 0 atom stereocenters. The molecule has 1 saturated carbocycles. The Morgan fingerprint density at radius 2 is 2.00 bits per heavy atom. The molecule has 0 spiro atoms. The molecule has 1 amide bonds. The van der Waals surface area contributed by atoms with Gasteiger partial charge in [0.15, 0.2) is 12.4 Å². The minimum absolute atomic E-state index is 0.0245. The van der Waals surface area contributed by atoms with Crippen LogP contribution in [0.15, 0.2) is 18.2 Å². The number of rotatable bonds is 4. The molecule has 4 heteroatoms. The Morgan fingerprint density at radius 3 is 2.77 bits per heavy atom. The van der Waals surface area contributed by atoms with Crippen LogP contribution in [0.5, 0.6) is 5.75 Å². The zero-order chi connectivity index (χ0) is 15.5. The summed E-state index contributed by atoms with van der Waals surface area (Å²) in [6.45, 7) is 2.29. The minimum Gasteiger partial charge on any atom is -0.483 e. The van der Waals surface area contributed by atoms with Gasteiger partial charge in [-0.2, -0.15) is 0 Å². The third-order valence-electron chi connectivity index (χ3n) is 4.78. The van der Waals surface area contributed by atoms with Gasteiger partial charge in [-0.1, -0.05) is 19.1 Å². The van der Waals surface area contributed by atoms with Crippen LogP contribution in [0, 0.1) is 5.92 Å². The number of hydrogen-bond acceptors (Lipinski definition) is 3. The normalized spacial score (nSPS) is 24.0. The van der Waals surface area contributed by atoms with Crippen LogP contribution in [0.1, 0.15) is 54.9 Å². The smallest absolute Gasteiger partial charge is 0.258 e. The summed E-state index contributed by atoms with van der Waals surface area (Å²) in [5, 5.41) is 3.06. The van der Waals surface area contributed by atoms with Gasteiger partial charge in [0, 0.05) is 23.6 Å². The second-order valence-electron chi connectivity index (χ2n) is 6.52. The number of carbonyl (C=O) groups excluding carboxylic acids is 2. The van der Waals surface area contributed by atoms with Crippen molar-refractivity contribution in [1.29, 1.82) is 0 Å². The molecule has 2 aliphatic rings. The summed E-state index contributed by atoms with van der Waals surface area (Å²) in [5.41, 5.74) is 1.70. The molecular weight excluding hydrogens is 278 g/mol. The monoisotopic (exact) mass is 301 g/mol. The molecule has 0 bridgehead atoms. The SMILES string of the molecule is CC1CCC(NC(=O)COc2cccc3c2CCC3=O)CC1. The average Bonchev–Trinajstić information content (AvgIpc) is 2.90. The standard InChI is InChI=1S/C18H23NO3/c1-12-5-7-13(8-6-12)19-18(21)11-22-17-4-2-3-14-15(17)9-10-16(14)20/h2-4,12-13H,5-11H2,1H3,(H,19,21). The molecule has 4 nitrogen and oxygen atoms in total. The summed E-state index contributed by atoms with van der Waals surface area (Å²) < 4.78 is 5.66. The number of Topliss-reactive ketones (excluding diaryl/α,β-unsaturated/α-hetero) is 1. The first-order valence-electron chi connectivity index (χ1n) is 8.20. The van der Waals surface area contributed by atoms with E-state index in [-0.39, 0.29) is 24.3 Å². The molecule has 1 fully saturated rings. The van der Waals surface area contributed by atoms with Crippen molar-refractivity contribution in [2.24, 2.45) is 5.92 Å². The van der Waals surface area contributed by atoms with Gasteiger partial charge in [-0.3, -0.25) is 9.59 Å². The number of amides is 1. The third kappa shape index (κ3) is 3.32. The summed E-state index contributed by atoms with van der Waals surface area (Å²) in [6.07, 6.45) is 5.74. The van der Waals surface area contributed by atoms with E-state index in [9.17, 15) is 9.59 Å². The van der Waals surface area contributed by atoms with Gasteiger partial charge >= 0.3 is 0 Å². The molecule has 0 aromatic heterocycles. The van der Waals surface area contributed by atoms with E-state index in [1.54, 1.807) is 0 Å². The van der Waals surface area contributed by atoms with Gasteiger partial charge in [0.2, 0.25) is 0 Å². The first-order valence-corrected chi connectivity index (χ1v) is 8.20. The summed E-state index contributed by atoms with van der Waals surface area (Å²) in [4.78, 5) is 23.7. The topological polar surface area (TPSA) is 55.4 Å². The number of hydrogen-bond donors (Lipinski definition) is 1. The summed E-state index contributed by atoms with van der Waals surface area (Å²) >= 11 is 0. The average molecular weight is 301 g/mol. The summed E-state index contributed by atoms with van der Waals surface area (Å²) in [6, 6.07) is 5.78. The fourth-order valence-electron chi connectivity index (χ4n) is 3.41. The maximum atomic E-state index is 12.0. The Bertz CT molecular complexity index is 574. The molecule has 0 aliphatic heterocycles. The van der Waals surface area contributed by atoms with Gasteiger partial charge in [0.25, 0.3) is 5.91 Å². The lowest BCUT2D eigenvalue weighted by Crippen LogP contribution is -2.39. The first-order chi connectivity index (χ1) is 10.6. The molecule has 1 aromatic carbocycles. The zero-order valence-electron chi connectivity index (χ0n) is 13.1. The molecule has 0 unspecified atom stereocenters. The second kappa shape index (κ2) is 6.51. The van der Waals surface area contributed by atoms with Crippen LogP contribution < -0.4 is 10.1 Å². The van der Waals surface area contributed by atoms with E-state index in [1.807, 2.05) is 18.2 Å². The Kier molecular flexibility index (Phi) is 4.46. The van der Waals surface area contributed by atoms with Crippen LogP contribution in [-0.2, 0) is 11.2 Å². The van der Waals surface area contributed by atoms with E-state index in [0.717, 1.165) is 29.9 Å². The van der Waals surface area contributed by atoms with Crippen molar-refractivity contribution in [3.63, 3.8) is 0 Å². The highest BCUT2D eigenvalue weighted by atomic mass is 16.5. The molecule has 0 radical (unpaired) electrons. The first kappa shape index (κ1) is 15.1. The van der Waals surface area contributed by atoms with Crippen molar-refractivity contribution in [3.8, 4) is 5.75 Å². The van der Waals surface area contributed by atoms with E-state index in [4.69, 9.17) is 4.74 Å². The van der Waals surface area contributed by atoms with Crippen molar-refractivity contribution < 1.29 is 14.3 Å². The predicted molar refractivity (Wildman–Crippen MR) is 84.2 cm³/mol. The van der Waals surface area contributed by atoms with Gasteiger partial charge in [-0.05, 0) is 44.1 Å². The number of benzene rings is 1. The number of carbonyl (C=O) groups is 2. The van der Waals surface area contributed by atoms with Gasteiger partial charge in [0.1, 0.15) is 5.75 Å². The number of fused-ring (bicyclic) bond motifs is 1. The zero-order valence-corrected chi connectivity index (χ0v) is 13.1. The van der Waals surface area contributed by atoms with Crippen LogP contribution in [0.25, 0.3) is 0 Å². The van der Waals surface area contributed by atoms with Gasteiger partial charge < -0.3 is 10.1 Å². The lowest BCUT2D eigenvalue weighted by Gasteiger charge is -2.26. The van der Waals surface area contributed by atoms with Gasteiger partial charge in [0.05, 0.1) is 0 Å². The van der Waals surface area contributed by atoms with Crippen LogP contribution in [-0.4, -0.2) is 24.3 Å². The van der Waals surface area contributed by atoms with Crippen molar-refractivity contribution in [1.82, 2.24) is 5.32 Å². The van der Waals surface area contributed by atoms with Crippen LogP contribution in [0.3, 0.4) is 0 Å². The van der Waals surface area contributed by atoms with Crippen LogP contribution >= 0.6 is 0 Å². The van der Waals surface area contributed by atoms with Crippen LogP contribution in [0.2, 0.25) is 0 Å². The van der Waals surface area contributed by atoms with E-state index in [2.05, 4.69) is 12.2 Å². The fraction of sp³-hybridized carbons (Fsp3) is 0.556. The molecule has 2 aliphatic carbocycles. The van der Waals surface area contributed by atoms with Crippen molar-refractivity contribution in [2.75, 3.05) is 6.61 Å². The Balaban J connectivity index is 1.53. The van der Waals surface area contributed by atoms with Gasteiger partial charge in [-0.25, -0.2) is 0 Å². The molecule has 0 heterocycles. The van der Waals surface area contributed by atoms with Crippen molar-refractivity contribution in [3.05, 3.63) is 29.3 Å². The third-order valence-corrected chi connectivity index (χ3v) is 4.78. The largest absolute Gasteiger partial charge is 0.483 e. The maximum absolute atomic E-state index is 12.0. The highest BCUT2D eigenvalue weighted by Gasteiger charge is 2.23. The molecular formula is C18H23NO3. The summed E-state index contributed by atoms with van der Waals surface area (Å²) in [7, 11) is 0. The highest BCUT2D eigenvalue weighted by molar-refractivity contribution is 6.01.